The number of hydrogen-bond donors (Lipinski definition) is 0. The summed E-state index contributed by atoms with van der Waals surface area (Å²) in [5, 5.41) is 0. The molecule has 0 radical (unpaired) electrons. The topological polar surface area (TPSA) is 25.8 Å². The van der Waals surface area contributed by atoms with Crippen LogP contribution in [0.2, 0.25) is 0 Å². The van der Waals surface area contributed by atoms with Gasteiger partial charge < -0.3 is 0 Å². The first kappa shape index (κ1) is 9.65. The molecule has 2 nitrogen and oxygen atoms in total. The van der Waals surface area contributed by atoms with E-state index in [0.29, 0.717) is 4.83 Å². The van der Waals surface area contributed by atoms with Crippen LogP contribution in [0.15, 0.2) is 18.6 Å². The van der Waals surface area contributed by atoms with Crippen molar-refractivity contribution in [2.24, 2.45) is 0 Å². The molecule has 12 heavy (non-hydrogen) atoms. The van der Waals surface area contributed by atoms with Gasteiger partial charge in [0.1, 0.15) is 0 Å². The van der Waals surface area contributed by atoms with E-state index in [1.807, 2.05) is 6.20 Å². The molecule has 0 aliphatic rings. The Morgan fingerprint density at radius 1 is 1.50 bits per heavy atom. The number of nitrogens with zero attached hydrogens (tertiary/aromatic N) is 2. The second-order valence-electron chi connectivity index (χ2n) is 2.79. The smallest absolute Gasteiger partial charge is 0.0597 e. The van der Waals surface area contributed by atoms with Crippen LogP contribution in [0.1, 0.15) is 25.5 Å². The van der Waals surface area contributed by atoms with Gasteiger partial charge in [0.15, 0.2) is 0 Å². The third kappa shape index (κ3) is 3.30. The van der Waals surface area contributed by atoms with Crippen LogP contribution in [-0.2, 0) is 6.42 Å². The monoisotopic (exact) mass is 228 g/mol. The van der Waals surface area contributed by atoms with E-state index in [2.05, 4.69) is 32.8 Å². The summed E-state index contributed by atoms with van der Waals surface area (Å²) >= 11 is 3.61. The maximum absolute atomic E-state index is 4.21. The molecule has 66 valence electrons. The minimum absolute atomic E-state index is 0.541. The molecule has 0 saturated heterocycles. The quantitative estimate of drug-likeness (QED) is 0.741. The molecular weight excluding hydrogens is 216 g/mol. The molecule has 1 aromatic rings. The third-order valence-electron chi connectivity index (χ3n) is 1.65. The van der Waals surface area contributed by atoms with Crippen LogP contribution in [0.3, 0.4) is 0 Å². The van der Waals surface area contributed by atoms with E-state index in [4.69, 9.17) is 0 Å². The number of halogens is 1. The molecule has 0 spiro atoms. The minimum atomic E-state index is 0.541. The Hall–Kier alpha value is -0.440. The number of aromatic nitrogens is 2. The molecular formula is C9H13BrN2. The zero-order valence-corrected chi connectivity index (χ0v) is 8.79. The minimum Gasteiger partial charge on any atom is -0.261 e. The fourth-order valence-electron chi connectivity index (χ4n) is 1.08. The number of hydrogen-bond acceptors (Lipinski definition) is 2. The summed E-state index contributed by atoms with van der Waals surface area (Å²) in [6.45, 7) is 2.19. The van der Waals surface area contributed by atoms with Crippen molar-refractivity contribution in [1.29, 1.82) is 0 Å². The third-order valence-corrected chi connectivity index (χ3v) is 2.43. The lowest BCUT2D eigenvalue weighted by atomic mass is 10.2. The molecule has 0 N–H and O–H groups in total. The second kappa shape index (κ2) is 5.25. The molecule has 3 heteroatoms. The zero-order valence-electron chi connectivity index (χ0n) is 7.20. The normalized spacial score (nSPS) is 12.8. The highest BCUT2D eigenvalue weighted by Crippen LogP contribution is 2.12. The van der Waals surface area contributed by atoms with Crippen LogP contribution >= 0.6 is 15.9 Å². The van der Waals surface area contributed by atoms with E-state index < -0.39 is 0 Å². The van der Waals surface area contributed by atoms with Gasteiger partial charge in [-0.15, -0.1) is 0 Å². The molecule has 0 fully saturated rings. The van der Waals surface area contributed by atoms with Gasteiger partial charge in [0.05, 0.1) is 5.69 Å². The van der Waals surface area contributed by atoms with Crippen LogP contribution in [0.5, 0.6) is 0 Å². The summed E-state index contributed by atoms with van der Waals surface area (Å²) in [6.07, 6.45) is 8.63. The van der Waals surface area contributed by atoms with E-state index >= 15 is 0 Å². The van der Waals surface area contributed by atoms with Crippen molar-refractivity contribution in [2.45, 2.75) is 31.0 Å². The lowest BCUT2D eigenvalue weighted by Crippen LogP contribution is -2.03. The van der Waals surface area contributed by atoms with E-state index in [9.17, 15) is 0 Å². The van der Waals surface area contributed by atoms with Gasteiger partial charge in [-0.2, -0.15) is 0 Å². The number of alkyl halides is 1. The second-order valence-corrected chi connectivity index (χ2v) is 4.08. The summed E-state index contributed by atoms with van der Waals surface area (Å²) in [4.78, 5) is 8.76. The molecule has 0 amide bonds. The highest BCUT2D eigenvalue weighted by atomic mass is 79.9. The van der Waals surface area contributed by atoms with Gasteiger partial charge in [-0.25, -0.2) is 0 Å². The Kier molecular flexibility index (Phi) is 4.22. The largest absolute Gasteiger partial charge is 0.261 e. The fourth-order valence-corrected chi connectivity index (χ4v) is 1.87. The molecule has 0 aromatic carbocycles. The predicted octanol–water partition coefficient (Wildman–Crippen LogP) is 2.58. The summed E-state index contributed by atoms with van der Waals surface area (Å²) in [6, 6.07) is 0. The van der Waals surface area contributed by atoms with Crippen LogP contribution in [0, 0.1) is 0 Å². The van der Waals surface area contributed by atoms with Crippen molar-refractivity contribution in [1.82, 2.24) is 9.97 Å². The van der Waals surface area contributed by atoms with Crippen LogP contribution < -0.4 is 0 Å². The van der Waals surface area contributed by atoms with Crippen LogP contribution in [-0.4, -0.2) is 14.8 Å². The molecule has 1 aromatic heterocycles. The van der Waals surface area contributed by atoms with Gasteiger partial charge >= 0.3 is 0 Å². The first-order chi connectivity index (χ1) is 5.83. The van der Waals surface area contributed by atoms with Gasteiger partial charge in [-0.3, -0.25) is 9.97 Å². The van der Waals surface area contributed by atoms with E-state index in [0.717, 1.165) is 12.1 Å². The average molecular weight is 229 g/mol. The van der Waals surface area contributed by atoms with Gasteiger partial charge in [0.25, 0.3) is 0 Å². The Balaban J connectivity index is 2.41. The molecule has 0 saturated carbocycles. The standard InChI is InChI=1S/C9H13BrN2/c1-2-3-8(10)6-9-7-11-4-5-12-9/h4-5,7-8H,2-3,6H2,1H3. The van der Waals surface area contributed by atoms with E-state index in [1.54, 1.807) is 12.4 Å². The number of rotatable bonds is 4. The molecule has 1 rings (SSSR count). The molecule has 1 heterocycles. The predicted molar refractivity (Wildman–Crippen MR) is 53.4 cm³/mol. The first-order valence-corrected chi connectivity index (χ1v) is 5.13. The van der Waals surface area contributed by atoms with Crippen LogP contribution in [0.25, 0.3) is 0 Å². The maximum Gasteiger partial charge on any atom is 0.0597 e. The summed E-state index contributed by atoms with van der Waals surface area (Å²) in [5.74, 6) is 0. The van der Waals surface area contributed by atoms with Crippen molar-refractivity contribution in [3.8, 4) is 0 Å². The molecule has 0 aliphatic carbocycles. The highest BCUT2D eigenvalue weighted by Gasteiger charge is 2.04. The zero-order chi connectivity index (χ0) is 8.81. The van der Waals surface area contributed by atoms with E-state index in [1.165, 1.54) is 12.8 Å². The lowest BCUT2D eigenvalue weighted by Gasteiger charge is -2.05. The molecule has 0 bridgehead atoms. The van der Waals surface area contributed by atoms with Crippen molar-refractivity contribution in [3.63, 3.8) is 0 Å². The Labute approximate surface area is 81.6 Å². The average Bonchev–Trinajstić information content (AvgIpc) is 2.06. The lowest BCUT2D eigenvalue weighted by molar-refractivity contribution is 0.731. The van der Waals surface area contributed by atoms with Crippen molar-refractivity contribution >= 4 is 15.9 Å². The Morgan fingerprint density at radius 2 is 2.33 bits per heavy atom. The Morgan fingerprint density at radius 3 is 2.92 bits per heavy atom. The van der Waals surface area contributed by atoms with Gasteiger partial charge in [-0.1, -0.05) is 29.3 Å². The molecule has 1 unspecified atom stereocenters. The van der Waals surface area contributed by atoms with Crippen LogP contribution in [0.4, 0.5) is 0 Å². The van der Waals surface area contributed by atoms with Crippen molar-refractivity contribution in [2.75, 3.05) is 0 Å². The highest BCUT2D eigenvalue weighted by molar-refractivity contribution is 9.09. The van der Waals surface area contributed by atoms with Gasteiger partial charge in [-0.05, 0) is 6.42 Å². The summed E-state index contributed by atoms with van der Waals surface area (Å²) in [5.41, 5.74) is 1.06. The maximum atomic E-state index is 4.21. The molecule has 0 aliphatic heterocycles. The summed E-state index contributed by atoms with van der Waals surface area (Å²) < 4.78 is 0. The fraction of sp³-hybridized carbons (Fsp3) is 0.556. The first-order valence-electron chi connectivity index (χ1n) is 4.22. The summed E-state index contributed by atoms with van der Waals surface area (Å²) in [7, 11) is 0. The SMILES string of the molecule is CCCC(Br)Cc1cnccn1. The van der Waals surface area contributed by atoms with Crippen molar-refractivity contribution in [3.05, 3.63) is 24.3 Å². The Bertz CT molecular complexity index is 213. The molecule has 1 atom stereocenters. The van der Waals surface area contributed by atoms with Crippen molar-refractivity contribution < 1.29 is 0 Å². The van der Waals surface area contributed by atoms with E-state index in [-0.39, 0.29) is 0 Å². The van der Waals surface area contributed by atoms with Gasteiger partial charge in [0.2, 0.25) is 0 Å². The van der Waals surface area contributed by atoms with Gasteiger partial charge in [0, 0.05) is 29.8 Å².